The van der Waals surface area contributed by atoms with E-state index in [9.17, 15) is 4.39 Å². The molecule has 0 amide bonds. The van der Waals surface area contributed by atoms with Crippen molar-refractivity contribution in [2.24, 2.45) is 5.92 Å². The van der Waals surface area contributed by atoms with Crippen molar-refractivity contribution < 1.29 is 4.39 Å². The highest BCUT2D eigenvalue weighted by Crippen LogP contribution is 2.39. The average molecular weight is 495 g/mol. The lowest BCUT2D eigenvalue weighted by Gasteiger charge is -2.17. The Labute approximate surface area is 206 Å². The van der Waals surface area contributed by atoms with E-state index < -0.39 is 0 Å². The fourth-order valence-electron chi connectivity index (χ4n) is 4.52. The fourth-order valence-corrected chi connectivity index (χ4v) is 6.78. The number of pyridine rings is 1. The minimum atomic E-state index is -0.149. The Bertz CT molecular complexity index is 1350. The highest BCUT2D eigenvalue weighted by Gasteiger charge is 2.27. The van der Waals surface area contributed by atoms with Gasteiger partial charge in [-0.3, -0.25) is 4.98 Å². The zero-order chi connectivity index (χ0) is 23.8. The SMILES string of the molecule is Cc1cc(SC[C@@H]2CC[C@H](Nc3nc(N)nc(C)c3-c3nc4c(C)nccc4s3)C2)ccc1F. The summed E-state index contributed by atoms with van der Waals surface area (Å²) >= 11 is 3.43. The monoisotopic (exact) mass is 494 g/mol. The molecule has 3 heterocycles. The van der Waals surface area contributed by atoms with Gasteiger partial charge in [0.05, 0.1) is 21.7 Å². The van der Waals surface area contributed by atoms with E-state index in [2.05, 4.69) is 20.3 Å². The molecule has 2 atom stereocenters. The number of hydrogen-bond donors (Lipinski definition) is 2. The second-order valence-corrected chi connectivity index (χ2v) is 11.0. The van der Waals surface area contributed by atoms with Crippen molar-refractivity contribution in [2.45, 2.75) is 51.0 Å². The standard InChI is InChI=1S/C25H27FN6S2/c1-13-10-18(6-7-19(13)26)33-12-16-4-5-17(11-16)30-23-21(14(2)29-25(27)32-23)24-31-22-15(3)28-9-8-20(22)34-24/h6-10,16-17H,4-5,11-12H2,1-3H3,(H3,27,29,30,32)/t16-,17+/m1/s1. The summed E-state index contributed by atoms with van der Waals surface area (Å²) in [7, 11) is 0. The molecule has 1 fully saturated rings. The molecule has 0 aliphatic heterocycles. The Kier molecular flexibility index (Phi) is 6.40. The van der Waals surface area contributed by atoms with E-state index in [1.165, 1.54) is 0 Å². The summed E-state index contributed by atoms with van der Waals surface area (Å²) in [4.78, 5) is 19.3. The van der Waals surface area contributed by atoms with Gasteiger partial charge >= 0.3 is 0 Å². The van der Waals surface area contributed by atoms with Crippen LogP contribution < -0.4 is 11.1 Å². The van der Waals surface area contributed by atoms with Gasteiger partial charge in [0.15, 0.2) is 0 Å². The van der Waals surface area contributed by atoms with Crippen molar-refractivity contribution in [3.8, 4) is 10.6 Å². The number of hydrogen-bond acceptors (Lipinski definition) is 8. The molecule has 3 N–H and O–H groups in total. The van der Waals surface area contributed by atoms with Gasteiger partial charge in [0.25, 0.3) is 0 Å². The van der Waals surface area contributed by atoms with Crippen molar-refractivity contribution >= 4 is 45.1 Å². The molecule has 6 nitrogen and oxygen atoms in total. The van der Waals surface area contributed by atoms with Gasteiger partial charge in [-0.1, -0.05) is 0 Å². The van der Waals surface area contributed by atoms with Crippen LogP contribution in [0.1, 0.15) is 36.2 Å². The number of fused-ring (bicyclic) bond motifs is 1. The number of nitrogen functional groups attached to an aromatic ring is 1. The number of thiazole rings is 1. The third-order valence-electron chi connectivity index (χ3n) is 6.31. The molecular weight excluding hydrogens is 467 g/mol. The molecule has 0 bridgehead atoms. The maximum atomic E-state index is 13.5. The van der Waals surface area contributed by atoms with Gasteiger partial charge in [0.2, 0.25) is 5.95 Å². The largest absolute Gasteiger partial charge is 0.368 e. The topological polar surface area (TPSA) is 89.6 Å². The molecule has 0 saturated heterocycles. The van der Waals surface area contributed by atoms with Crippen LogP contribution in [0.5, 0.6) is 0 Å². The maximum Gasteiger partial charge on any atom is 0.222 e. The van der Waals surface area contributed by atoms with Gasteiger partial charge in [0.1, 0.15) is 22.2 Å². The van der Waals surface area contributed by atoms with Crippen LogP contribution in [0.3, 0.4) is 0 Å². The Hall–Kier alpha value is -2.78. The molecule has 5 rings (SSSR count). The Balaban J connectivity index is 1.32. The summed E-state index contributed by atoms with van der Waals surface area (Å²) < 4.78 is 14.6. The minimum Gasteiger partial charge on any atom is -0.368 e. The summed E-state index contributed by atoms with van der Waals surface area (Å²) in [5.74, 6) is 2.48. The Morgan fingerprint density at radius 1 is 1.12 bits per heavy atom. The normalized spacial score (nSPS) is 18.0. The first-order valence-corrected chi connectivity index (χ1v) is 13.2. The molecule has 0 unspecified atom stereocenters. The number of nitrogens with zero attached hydrogens (tertiary/aromatic N) is 4. The van der Waals surface area contributed by atoms with Crippen LogP contribution in [0.4, 0.5) is 16.2 Å². The molecule has 9 heteroatoms. The average Bonchev–Trinajstić information content (AvgIpc) is 3.42. The number of rotatable bonds is 6. The maximum absolute atomic E-state index is 13.5. The van der Waals surface area contributed by atoms with Gasteiger partial charge in [-0.15, -0.1) is 23.1 Å². The second-order valence-electron chi connectivity index (χ2n) is 8.90. The first-order chi connectivity index (χ1) is 16.4. The summed E-state index contributed by atoms with van der Waals surface area (Å²) in [6.07, 6.45) is 5.08. The molecule has 1 aromatic carbocycles. The molecule has 4 aromatic rings. The Morgan fingerprint density at radius 2 is 1.97 bits per heavy atom. The van der Waals surface area contributed by atoms with Crippen molar-refractivity contribution in [3.63, 3.8) is 0 Å². The van der Waals surface area contributed by atoms with E-state index >= 15 is 0 Å². The number of anilines is 2. The van der Waals surface area contributed by atoms with Crippen LogP contribution in [0.15, 0.2) is 35.4 Å². The number of aryl methyl sites for hydroxylation is 3. The first kappa shape index (κ1) is 23.0. The van der Waals surface area contributed by atoms with Gasteiger partial charge in [-0.2, -0.15) is 4.98 Å². The lowest BCUT2D eigenvalue weighted by atomic mass is 10.1. The second kappa shape index (κ2) is 9.46. The van der Waals surface area contributed by atoms with Crippen molar-refractivity contribution in [1.82, 2.24) is 19.9 Å². The van der Waals surface area contributed by atoms with Crippen molar-refractivity contribution in [1.29, 1.82) is 0 Å². The van der Waals surface area contributed by atoms with E-state index in [1.54, 1.807) is 29.2 Å². The summed E-state index contributed by atoms with van der Waals surface area (Å²) in [6, 6.07) is 7.65. The van der Waals surface area contributed by atoms with Crippen LogP contribution in [0.2, 0.25) is 0 Å². The molecule has 176 valence electrons. The smallest absolute Gasteiger partial charge is 0.222 e. The highest BCUT2D eigenvalue weighted by atomic mass is 32.2. The molecule has 1 saturated carbocycles. The molecule has 1 aliphatic carbocycles. The Morgan fingerprint density at radius 3 is 2.76 bits per heavy atom. The van der Waals surface area contributed by atoms with E-state index in [0.29, 0.717) is 17.5 Å². The van der Waals surface area contributed by atoms with Gasteiger partial charge in [-0.05, 0) is 75.8 Å². The summed E-state index contributed by atoms with van der Waals surface area (Å²) in [6.45, 7) is 5.74. The molecule has 0 radical (unpaired) electrons. The quantitative estimate of drug-likeness (QED) is 0.310. The number of thioether (sulfide) groups is 1. The van der Waals surface area contributed by atoms with Crippen LogP contribution in [-0.2, 0) is 0 Å². The lowest BCUT2D eigenvalue weighted by molar-refractivity contribution is 0.611. The van der Waals surface area contributed by atoms with Gasteiger partial charge in [0, 0.05) is 22.9 Å². The van der Waals surface area contributed by atoms with E-state index in [1.807, 2.05) is 45.2 Å². The van der Waals surface area contributed by atoms with Gasteiger partial charge in [-0.25, -0.2) is 14.4 Å². The van der Waals surface area contributed by atoms with Crippen LogP contribution in [0.25, 0.3) is 20.8 Å². The van der Waals surface area contributed by atoms with E-state index in [4.69, 9.17) is 10.7 Å². The third-order valence-corrected chi connectivity index (χ3v) is 8.57. The molecule has 34 heavy (non-hydrogen) atoms. The molecule has 0 spiro atoms. The van der Waals surface area contributed by atoms with E-state index in [0.717, 1.165) is 67.9 Å². The fraction of sp³-hybridized carbons (Fsp3) is 0.360. The summed E-state index contributed by atoms with van der Waals surface area (Å²) in [5.41, 5.74) is 10.3. The third kappa shape index (κ3) is 4.72. The first-order valence-electron chi connectivity index (χ1n) is 11.4. The lowest BCUT2D eigenvalue weighted by Crippen LogP contribution is -2.19. The van der Waals surface area contributed by atoms with Crippen molar-refractivity contribution in [3.05, 3.63) is 53.2 Å². The van der Waals surface area contributed by atoms with Crippen LogP contribution >= 0.6 is 23.1 Å². The molecule has 1 aliphatic rings. The highest BCUT2D eigenvalue weighted by molar-refractivity contribution is 7.99. The van der Waals surface area contributed by atoms with Crippen LogP contribution in [-0.4, -0.2) is 31.7 Å². The molecular formula is C25H27FN6S2. The zero-order valence-corrected chi connectivity index (χ0v) is 21.1. The number of benzene rings is 1. The van der Waals surface area contributed by atoms with E-state index in [-0.39, 0.29) is 11.8 Å². The predicted molar refractivity (Wildman–Crippen MR) is 139 cm³/mol. The molecule has 3 aromatic heterocycles. The number of nitrogens with two attached hydrogens (primary N) is 1. The zero-order valence-electron chi connectivity index (χ0n) is 19.4. The number of aromatic nitrogens is 4. The summed E-state index contributed by atoms with van der Waals surface area (Å²) in [5, 5.41) is 4.53. The van der Waals surface area contributed by atoms with Crippen LogP contribution in [0, 0.1) is 32.5 Å². The number of nitrogens with one attached hydrogen (secondary N) is 1. The predicted octanol–water partition coefficient (Wildman–Crippen LogP) is 6.17. The number of halogens is 1. The van der Waals surface area contributed by atoms with Gasteiger partial charge < -0.3 is 11.1 Å². The van der Waals surface area contributed by atoms with Crippen molar-refractivity contribution in [2.75, 3.05) is 16.8 Å². The minimum absolute atomic E-state index is 0.149.